The van der Waals surface area contributed by atoms with Crippen molar-refractivity contribution in [2.75, 3.05) is 5.32 Å². The van der Waals surface area contributed by atoms with E-state index in [1.807, 2.05) is 13.8 Å². The molecule has 0 saturated heterocycles. The lowest BCUT2D eigenvalue weighted by Crippen LogP contribution is -2.25. The third-order valence-corrected chi connectivity index (χ3v) is 4.29. The lowest BCUT2D eigenvalue weighted by Gasteiger charge is -2.06. The summed E-state index contributed by atoms with van der Waals surface area (Å²) in [7, 11) is 1.78. The smallest absolute Gasteiger partial charge is 0.274 e. The van der Waals surface area contributed by atoms with Gasteiger partial charge in [-0.25, -0.2) is 0 Å². The Bertz CT molecular complexity index is 968. The van der Waals surface area contributed by atoms with Crippen LogP contribution in [0.3, 0.4) is 0 Å². The van der Waals surface area contributed by atoms with Gasteiger partial charge in [0.25, 0.3) is 11.8 Å². The summed E-state index contributed by atoms with van der Waals surface area (Å²) in [6.45, 7) is 6.30. The minimum absolute atomic E-state index is 0.149. The molecule has 0 aliphatic rings. The number of carbonyl (C=O) groups is 2. The van der Waals surface area contributed by atoms with Crippen LogP contribution in [-0.4, -0.2) is 31.4 Å². The highest BCUT2D eigenvalue weighted by Gasteiger charge is 2.22. The number of furan rings is 1. The number of aromatic nitrogens is 4. The molecule has 0 aliphatic heterocycles. The molecule has 0 radical (unpaired) electrons. The maximum Gasteiger partial charge on any atom is 0.274 e. The first-order valence-corrected chi connectivity index (χ1v) is 8.60. The monoisotopic (exact) mass is 370 g/mol. The number of anilines is 1. The standard InChI is InChI=1S/C18H22N6O3/c1-5-24-10-14(20-17(25)15-11(2)21-23(4)12(15)3)16(22-24)18(26)19-9-13-7-6-8-27-13/h6-8,10H,5,9H2,1-4H3,(H,19,26)(H,20,25). The lowest BCUT2D eigenvalue weighted by molar-refractivity contribution is 0.0943. The van der Waals surface area contributed by atoms with Crippen molar-refractivity contribution >= 4 is 17.5 Å². The van der Waals surface area contributed by atoms with Crippen molar-refractivity contribution in [1.82, 2.24) is 24.9 Å². The highest BCUT2D eigenvalue weighted by Crippen LogP contribution is 2.18. The van der Waals surface area contributed by atoms with Crippen LogP contribution in [0.15, 0.2) is 29.0 Å². The number of nitrogens with one attached hydrogen (secondary N) is 2. The average molecular weight is 370 g/mol. The van der Waals surface area contributed by atoms with Gasteiger partial charge in [0.05, 0.1) is 29.8 Å². The van der Waals surface area contributed by atoms with Gasteiger partial charge in [-0.1, -0.05) is 0 Å². The predicted octanol–water partition coefficient (Wildman–Crippen LogP) is 2.03. The molecular weight excluding hydrogens is 348 g/mol. The van der Waals surface area contributed by atoms with E-state index in [1.54, 1.807) is 41.7 Å². The average Bonchev–Trinajstić information content (AvgIpc) is 3.33. The second-order valence-corrected chi connectivity index (χ2v) is 6.13. The molecule has 2 N–H and O–H groups in total. The molecule has 0 fully saturated rings. The first-order valence-electron chi connectivity index (χ1n) is 8.60. The SMILES string of the molecule is CCn1cc(NC(=O)c2c(C)nn(C)c2C)c(C(=O)NCc2ccco2)n1. The first kappa shape index (κ1) is 18.4. The molecule has 0 aliphatic carbocycles. The first-order chi connectivity index (χ1) is 12.9. The fourth-order valence-electron chi connectivity index (χ4n) is 2.79. The highest BCUT2D eigenvalue weighted by molar-refractivity contribution is 6.09. The van der Waals surface area contributed by atoms with Crippen molar-refractivity contribution in [3.05, 3.63) is 53.0 Å². The van der Waals surface area contributed by atoms with E-state index in [4.69, 9.17) is 4.42 Å². The molecule has 2 amide bonds. The number of nitrogens with zero attached hydrogens (tertiary/aromatic N) is 4. The fraction of sp³-hybridized carbons (Fsp3) is 0.333. The van der Waals surface area contributed by atoms with Crippen LogP contribution in [0.4, 0.5) is 5.69 Å². The molecule has 0 aromatic carbocycles. The van der Waals surface area contributed by atoms with Crippen molar-refractivity contribution in [1.29, 1.82) is 0 Å². The zero-order valence-corrected chi connectivity index (χ0v) is 15.7. The molecular formula is C18H22N6O3. The molecule has 3 aromatic heterocycles. The van der Waals surface area contributed by atoms with E-state index in [2.05, 4.69) is 20.8 Å². The molecule has 0 saturated carbocycles. The molecule has 3 aromatic rings. The van der Waals surface area contributed by atoms with Crippen molar-refractivity contribution in [3.8, 4) is 0 Å². The topological polar surface area (TPSA) is 107 Å². The molecule has 0 unspecified atom stereocenters. The van der Waals surface area contributed by atoms with Gasteiger partial charge in [-0.05, 0) is 32.9 Å². The summed E-state index contributed by atoms with van der Waals surface area (Å²) in [4.78, 5) is 25.3. The van der Waals surface area contributed by atoms with E-state index in [-0.39, 0.29) is 18.1 Å². The van der Waals surface area contributed by atoms with Gasteiger partial charge in [0.15, 0.2) is 5.69 Å². The Labute approximate surface area is 156 Å². The third-order valence-electron chi connectivity index (χ3n) is 4.29. The Balaban J connectivity index is 1.81. The molecule has 142 valence electrons. The summed E-state index contributed by atoms with van der Waals surface area (Å²) in [5.74, 6) is -0.0900. The minimum Gasteiger partial charge on any atom is -0.467 e. The van der Waals surface area contributed by atoms with Crippen molar-refractivity contribution in [3.63, 3.8) is 0 Å². The van der Waals surface area contributed by atoms with Gasteiger partial charge in [0, 0.05) is 25.5 Å². The van der Waals surface area contributed by atoms with Crippen LogP contribution in [-0.2, 0) is 20.1 Å². The molecule has 3 heterocycles. The highest BCUT2D eigenvalue weighted by atomic mass is 16.3. The van der Waals surface area contributed by atoms with Gasteiger partial charge in [-0.15, -0.1) is 0 Å². The number of amides is 2. The number of rotatable bonds is 6. The van der Waals surface area contributed by atoms with Gasteiger partial charge >= 0.3 is 0 Å². The molecule has 27 heavy (non-hydrogen) atoms. The maximum absolute atomic E-state index is 12.7. The molecule has 0 bridgehead atoms. The predicted molar refractivity (Wildman–Crippen MR) is 98.4 cm³/mol. The number of aryl methyl sites for hydroxylation is 3. The van der Waals surface area contributed by atoms with E-state index in [9.17, 15) is 9.59 Å². The van der Waals surface area contributed by atoms with E-state index >= 15 is 0 Å². The van der Waals surface area contributed by atoms with E-state index in [0.29, 0.717) is 29.2 Å². The maximum atomic E-state index is 12.7. The summed E-state index contributed by atoms with van der Waals surface area (Å²) < 4.78 is 8.46. The van der Waals surface area contributed by atoms with Crippen molar-refractivity contribution < 1.29 is 14.0 Å². The number of carbonyl (C=O) groups excluding carboxylic acids is 2. The number of hydrogen-bond acceptors (Lipinski definition) is 5. The zero-order chi connectivity index (χ0) is 19.6. The minimum atomic E-state index is -0.395. The Morgan fingerprint density at radius 1 is 1.22 bits per heavy atom. The van der Waals surface area contributed by atoms with Crippen LogP contribution in [0.5, 0.6) is 0 Å². The van der Waals surface area contributed by atoms with E-state index in [1.165, 1.54) is 6.26 Å². The normalized spacial score (nSPS) is 10.8. The Morgan fingerprint density at radius 2 is 2.00 bits per heavy atom. The zero-order valence-electron chi connectivity index (χ0n) is 15.7. The largest absolute Gasteiger partial charge is 0.467 e. The van der Waals surface area contributed by atoms with E-state index in [0.717, 1.165) is 5.69 Å². The van der Waals surface area contributed by atoms with Crippen LogP contribution in [0, 0.1) is 13.8 Å². The summed E-state index contributed by atoms with van der Waals surface area (Å²) >= 11 is 0. The summed E-state index contributed by atoms with van der Waals surface area (Å²) in [6.07, 6.45) is 3.18. The van der Waals surface area contributed by atoms with Crippen LogP contribution < -0.4 is 10.6 Å². The molecule has 9 nitrogen and oxygen atoms in total. The molecule has 0 spiro atoms. The molecule has 0 atom stereocenters. The van der Waals surface area contributed by atoms with Crippen LogP contribution >= 0.6 is 0 Å². The third kappa shape index (κ3) is 3.76. The second kappa shape index (κ2) is 7.48. The Hall–Kier alpha value is -3.36. The summed E-state index contributed by atoms with van der Waals surface area (Å²) in [5.41, 5.74) is 2.36. The van der Waals surface area contributed by atoms with Gasteiger partial charge in [-0.3, -0.25) is 19.0 Å². The van der Waals surface area contributed by atoms with Gasteiger partial charge in [-0.2, -0.15) is 10.2 Å². The quantitative estimate of drug-likeness (QED) is 0.690. The van der Waals surface area contributed by atoms with E-state index < -0.39 is 5.91 Å². The summed E-state index contributed by atoms with van der Waals surface area (Å²) in [5, 5.41) is 14.1. The van der Waals surface area contributed by atoms with Crippen LogP contribution in [0.1, 0.15) is 44.9 Å². The van der Waals surface area contributed by atoms with Crippen LogP contribution in [0.2, 0.25) is 0 Å². The van der Waals surface area contributed by atoms with Crippen molar-refractivity contribution in [2.24, 2.45) is 7.05 Å². The molecule has 3 rings (SSSR count). The molecule has 9 heteroatoms. The van der Waals surface area contributed by atoms with Gasteiger partial charge in [0.2, 0.25) is 0 Å². The van der Waals surface area contributed by atoms with Gasteiger partial charge in [0.1, 0.15) is 5.76 Å². The lowest BCUT2D eigenvalue weighted by atomic mass is 10.2. The Kier molecular flexibility index (Phi) is 5.11. The second-order valence-electron chi connectivity index (χ2n) is 6.13. The van der Waals surface area contributed by atoms with Crippen LogP contribution in [0.25, 0.3) is 0 Å². The Morgan fingerprint density at radius 3 is 2.59 bits per heavy atom. The van der Waals surface area contributed by atoms with Crippen molar-refractivity contribution in [2.45, 2.75) is 33.9 Å². The number of hydrogen-bond donors (Lipinski definition) is 2. The fourth-order valence-corrected chi connectivity index (χ4v) is 2.79. The van der Waals surface area contributed by atoms with Gasteiger partial charge < -0.3 is 15.1 Å². The summed E-state index contributed by atoms with van der Waals surface area (Å²) in [6, 6.07) is 3.51.